The minimum Gasteiger partial charge on any atom is -0.496 e. The highest BCUT2D eigenvalue weighted by atomic mass is 35.5. The third kappa shape index (κ3) is 3.46. The second-order valence-corrected chi connectivity index (χ2v) is 3.96. The maximum absolute atomic E-state index is 10.9. The van der Waals surface area contributed by atoms with Gasteiger partial charge in [-0.05, 0) is 11.6 Å². The molecule has 2 rings (SSSR count). The van der Waals surface area contributed by atoms with Crippen LogP contribution in [0, 0.1) is 10.1 Å². The molecule has 0 fully saturated rings. The van der Waals surface area contributed by atoms with Crippen molar-refractivity contribution in [2.24, 2.45) is 5.73 Å². The molecule has 1 heterocycles. The highest BCUT2D eigenvalue weighted by molar-refractivity contribution is 5.85. The Morgan fingerprint density at radius 3 is 2.75 bits per heavy atom. The van der Waals surface area contributed by atoms with Crippen LogP contribution in [-0.4, -0.2) is 28.4 Å². The molecule has 1 aromatic heterocycles. The average Bonchev–Trinajstić information content (AvgIpc) is 2.87. The fourth-order valence-electron chi connectivity index (χ4n) is 1.74. The zero-order valence-electron chi connectivity index (χ0n) is 10.9. The standard InChI is InChI=1S/C12H14N4O3.ClH/c1-19-12-5-9(4-11(6-12)16(17)18)10-7-14-15(8-10)3-2-13;/h4-8H,2-3,13H2,1H3;1H. The predicted molar refractivity (Wildman–Crippen MR) is 77.2 cm³/mol. The predicted octanol–water partition coefficient (Wildman–Crippen LogP) is 1.85. The normalized spacial score (nSPS) is 9.90. The van der Waals surface area contributed by atoms with Gasteiger partial charge in [-0.1, -0.05) is 0 Å². The second kappa shape index (κ2) is 6.88. The van der Waals surface area contributed by atoms with Gasteiger partial charge in [0.2, 0.25) is 0 Å². The van der Waals surface area contributed by atoms with E-state index in [1.54, 1.807) is 23.1 Å². The van der Waals surface area contributed by atoms with Crippen molar-refractivity contribution in [2.45, 2.75) is 6.54 Å². The largest absolute Gasteiger partial charge is 0.496 e. The van der Waals surface area contributed by atoms with Crippen LogP contribution < -0.4 is 10.5 Å². The summed E-state index contributed by atoms with van der Waals surface area (Å²) in [5.41, 5.74) is 6.91. The van der Waals surface area contributed by atoms with E-state index in [0.29, 0.717) is 24.4 Å². The molecule has 0 aliphatic carbocycles. The molecule has 0 radical (unpaired) electrons. The first-order chi connectivity index (χ1) is 9.13. The molecule has 0 unspecified atom stereocenters. The van der Waals surface area contributed by atoms with Gasteiger partial charge in [0.15, 0.2) is 0 Å². The first-order valence-corrected chi connectivity index (χ1v) is 5.70. The molecule has 1 aromatic carbocycles. The van der Waals surface area contributed by atoms with E-state index in [2.05, 4.69) is 5.10 Å². The Morgan fingerprint density at radius 1 is 1.40 bits per heavy atom. The van der Waals surface area contributed by atoms with Gasteiger partial charge in [-0.15, -0.1) is 12.4 Å². The van der Waals surface area contributed by atoms with E-state index < -0.39 is 4.92 Å². The summed E-state index contributed by atoms with van der Waals surface area (Å²) in [5, 5.41) is 15.0. The Bertz CT molecular complexity index is 600. The molecule has 20 heavy (non-hydrogen) atoms. The summed E-state index contributed by atoms with van der Waals surface area (Å²) in [6.07, 6.45) is 3.44. The van der Waals surface area contributed by atoms with Gasteiger partial charge >= 0.3 is 0 Å². The first kappa shape index (κ1) is 15.9. The molecule has 2 aromatic rings. The summed E-state index contributed by atoms with van der Waals surface area (Å²) in [7, 11) is 1.47. The lowest BCUT2D eigenvalue weighted by molar-refractivity contribution is -0.384. The molecule has 0 saturated carbocycles. The molecule has 0 saturated heterocycles. The van der Waals surface area contributed by atoms with Gasteiger partial charge in [-0.25, -0.2) is 0 Å². The minimum atomic E-state index is -0.448. The van der Waals surface area contributed by atoms with Crippen molar-refractivity contribution in [1.82, 2.24) is 9.78 Å². The van der Waals surface area contributed by atoms with Crippen molar-refractivity contribution >= 4 is 18.1 Å². The number of aromatic nitrogens is 2. The molecule has 8 heteroatoms. The lowest BCUT2D eigenvalue weighted by Gasteiger charge is -2.03. The molecule has 7 nitrogen and oxygen atoms in total. The lowest BCUT2D eigenvalue weighted by Crippen LogP contribution is -2.09. The molecule has 0 aliphatic rings. The third-order valence-electron chi connectivity index (χ3n) is 2.66. The van der Waals surface area contributed by atoms with E-state index in [0.717, 1.165) is 5.56 Å². The van der Waals surface area contributed by atoms with Crippen molar-refractivity contribution in [2.75, 3.05) is 13.7 Å². The maximum atomic E-state index is 10.9. The molecule has 2 N–H and O–H groups in total. The number of nitro benzene ring substituents is 1. The van der Waals surface area contributed by atoms with Crippen LogP contribution in [0.1, 0.15) is 0 Å². The van der Waals surface area contributed by atoms with Crippen LogP contribution in [-0.2, 0) is 6.54 Å². The molecule has 0 atom stereocenters. The van der Waals surface area contributed by atoms with E-state index in [1.807, 2.05) is 0 Å². The van der Waals surface area contributed by atoms with Crippen LogP contribution in [0.5, 0.6) is 5.75 Å². The van der Waals surface area contributed by atoms with Crippen LogP contribution in [0.3, 0.4) is 0 Å². The zero-order chi connectivity index (χ0) is 13.8. The maximum Gasteiger partial charge on any atom is 0.273 e. The molecular weight excluding hydrogens is 284 g/mol. The summed E-state index contributed by atoms with van der Waals surface area (Å²) in [6.45, 7) is 1.09. The highest BCUT2D eigenvalue weighted by Crippen LogP contribution is 2.29. The molecule has 0 bridgehead atoms. The molecule has 0 amide bonds. The van der Waals surface area contributed by atoms with Gasteiger partial charge in [0.1, 0.15) is 5.75 Å². The van der Waals surface area contributed by atoms with Crippen molar-refractivity contribution in [3.8, 4) is 16.9 Å². The first-order valence-electron chi connectivity index (χ1n) is 5.70. The van der Waals surface area contributed by atoms with Crippen LogP contribution in [0.4, 0.5) is 5.69 Å². The monoisotopic (exact) mass is 298 g/mol. The van der Waals surface area contributed by atoms with Crippen molar-refractivity contribution in [1.29, 1.82) is 0 Å². The van der Waals surface area contributed by atoms with E-state index in [4.69, 9.17) is 10.5 Å². The average molecular weight is 299 g/mol. The van der Waals surface area contributed by atoms with Gasteiger partial charge < -0.3 is 10.5 Å². The van der Waals surface area contributed by atoms with Crippen molar-refractivity contribution in [3.05, 3.63) is 40.7 Å². The molecular formula is C12H15ClN4O3. The topological polar surface area (TPSA) is 96.2 Å². The van der Waals surface area contributed by atoms with Crippen LogP contribution in [0.25, 0.3) is 11.1 Å². The number of ether oxygens (including phenoxy) is 1. The fraction of sp³-hybridized carbons (Fsp3) is 0.250. The van der Waals surface area contributed by atoms with Gasteiger partial charge in [0.05, 0.1) is 30.8 Å². The fourth-order valence-corrected chi connectivity index (χ4v) is 1.74. The Hall–Kier alpha value is -2.12. The van der Waals surface area contributed by atoms with Crippen LogP contribution in [0.2, 0.25) is 0 Å². The SMILES string of the molecule is COc1cc(-c2cnn(CCN)c2)cc([N+](=O)[O-])c1.Cl. The Labute approximate surface area is 121 Å². The van der Waals surface area contributed by atoms with Crippen LogP contribution in [0.15, 0.2) is 30.6 Å². The molecule has 0 spiro atoms. The summed E-state index contributed by atoms with van der Waals surface area (Å²) < 4.78 is 6.76. The van der Waals surface area contributed by atoms with Gasteiger partial charge in [0, 0.05) is 24.4 Å². The lowest BCUT2D eigenvalue weighted by atomic mass is 10.1. The summed E-state index contributed by atoms with van der Waals surface area (Å²) >= 11 is 0. The summed E-state index contributed by atoms with van der Waals surface area (Å²) in [5.74, 6) is 0.441. The Balaban J connectivity index is 0.00000200. The number of methoxy groups -OCH3 is 1. The smallest absolute Gasteiger partial charge is 0.273 e. The number of hydrogen-bond donors (Lipinski definition) is 1. The number of benzene rings is 1. The van der Waals surface area contributed by atoms with Gasteiger partial charge in [0.25, 0.3) is 5.69 Å². The van der Waals surface area contributed by atoms with Crippen molar-refractivity contribution < 1.29 is 9.66 Å². The zero-order valence-corrected chi connectivity index (χ0v) is 11.7. The van der Waals surface area contributed by atoms with Crippen LogP contribution >= 0.6 is 12.4 Å². The van der Waals surface area contributed by atoms with E-state index in [-0.39, 0.29) is 18.1 Å². The Kier molecular flexibility index (Phi) is 5.48. The van der Waals surface area contributed by atoms with Gasteiger partial charge in [-0.3, -0.25) is 14.8 Å². The summed E-state index contributed by atoms with van der Waals surface area (Å²) in [4.78, 5) is 10.4. The quantitative estimate of drug-likeness (QED) is 0.671. The minimum absolute atomic E-state index is 0. The number of rotatable bonds is 5. The molecule has 108 valence electrons. The third-order valence-corrected chi connectivity index (χ3v) is 2.66. The summed E-state index contributed by atoms with van der Waals surface area (Å²) in [6, 6.07) is 4.61. The van der Waals surface area contributed by atoms with E-state index in [9.17, 15) is 10.1 Å². The van der Waals surface area contributed by atoms with Crippen molar-refractivity contribution in [3.63, 3.8) is 0 Å². The number of hydrogen-bond acceptors (Lipinski definition) is 5. The number of nitrogens with zero attached hydrogens (tertiary/aromatic N) is 3. The van der Waals surface area contributed by atoms with E-state index in [1.165, 1.54) is 19.2 Å². The van der Waals surface area contributed by atoms with E-state index >= 15 is 0 Å². The number of nitrogens with two attached hydrogens (primary N) is 1. The Morgan fingerprint density at radius 2 is 2.15 bits per heavy atom. The van der Waals surface area contributed by atoms with Gasteiger partial charge in [-0.2, -0.15) is 5.10 Å². The number of halogens is 1. The number of nitro groups is 1. The second-order valence-electron chi connectivity index (χ2n) is 3.96. The molecule has 0 aliphatic heterocycles. The number of non-ortho nitro benzene ring substituents is 1. The highest BCUT2D eigenvalue weighted by Gasteiger charge is 2.12.